The molecule has 114 valence electrons. The number of hydrogen-bond acceptors (Lipinski definition) is 4. The molecule has 0 bridgehead atoms. The Bertz CT molecular complexity index is 512. The predicted octanol–water partition coefficient (Wildman–Crippen LogP) is 3.48. The van der Waals surface area contributed by atoms with Gasteiger partial charge in [0.15, 0.2) is 6.61 Å². The Labute approximate surface area is 119 Å². The van der Waals surface area contributed by atoms with Gasteiger partial charge in [-0.2, -0.15) is 18.4 Å². The van der Waals surface area contributed by atoms with Gasteiger partial charge in [0.1, 0.15) is 5.75 Å². The van der Waals surface area contributed by atoms with Gasteiger partial charge >= 0.3 is 12.3 Å². The second kappa shape index (κ2) is 7.99. The van der Waals surface area contributed by atoms with Crippen LogP contribution in [0.1, 0.15) is 12.8 Å². The first kappa shape index (κ1) is 16.6. The minimum absolute atomic E-state index is 0.250. The lowest BCUT2D eigenvalue weighted by molar-refractivity contribution is -0.159. The zero-order valence-corrected chi connectivity index (χ0v) is 10.9. The Morgan fingerprint density at radius 1 is 1.38 bits per heavy atom. The van der Waals surface area contributed by atoms with Crippen LogP contribution in [0.5, 0.6) is 5.75 Å². The first-order chi connectivity index (χ1) is 9.90. The van der Waals surface area contributed by atoms with Gasteiger partial charge in [-0.25, -0.2) is 4.79 Å². The molecule has 0 spiro atoms. The Balaban J connectivity index is 2.45. The van der Waals surface area contributed by atoms with Crippen molar-refractivity contribution in [3.63, 3.8) is 0 Å². The molecule has 0 aliphatic heterocycles. The largest absolute Gasteiger partial charge is 0.493 e. The molecule has 21 heavy (non-hydrogen) atoms. The summed E-state index contributed by atoms with van der Waals surface area (Å²) in [6.07, 6.45) is -4.85. The highest BCUT2D eigenvalue weighted by Crippen LogP contribution is 2.19. The number of nitriles is 1. The Kier molecular flexibility index (Phi) is 6.33. The summed E-state index contributed by atoms with van der Waals surface area (Å²) in [6, 6.07) is 8.09. The van der Waals surface area contributed by atoms with Gasteiger partial charge in [0.25, 0.3) is 0 Å². The summed E-state index contributed by atoms with van der Waals surface area (Å²) >= 11 is 0. The van der Waals surface area contributed by atoms with Crippen LogP contribution in [0.15, 0.2) is 24.3 Å². The Morgan fingerprint density at radius 2 is 2.14 bits per heavy atom. The Hall–Kier alpha value is -2.43. The van der Waals surface area contributed by atoms with E-state index in [2.05, 4.69) is 10.1 Å². The summed E-state index contributed by atoms with van der Waals surface area (Å²) in [7, 11) is 0. The maximum atomic E-state index is 11.9. The van der Waals surface area contributed by atoms with E-state index < -0.39 is 18.9 Å². The van der Waals surface area contributed by atoms with E-state index >= 15 is 0 Å². The van der Waals surface area contributed by atoms with Crippen LogP contribution in [0.4, 0.5) is 23.7 Å². The van der Waals surface area contributed by atoms with Crippen LogP contribution < -0.4 is 10.1 Å². The van der Waals surface area contributed by atoms with Gasteiger partial charge in [0.05, 0.1) is 12.7 Å². The van der Waals surface area contributed by atoms with Gasteiger partial charge in [0.2, 0.25) is 0 Å². The summed E-state index contributed by atoms with van der Waals surface area (Å²) in [5.74, 6) is 0.432. The summed E-state index contributed by atoms with van der Waals surface area (Å²) in [5.41, 5.74) is 0.250. The average molecular weight is 302 g/mol. The maximum Gasteiger partial charge on any atom is 0.422 e. The van der Waals surface area contributed by atoms with E-state index in [4.69, 9.17) is 10.00 Å². The van der Waals surface area contributed by atoms with E-state index in [9.17, 15) is 18.0 Å². The van der Waals surface area contributed by atoms with E-state index in [1.807, 2.05) is 6.07 Å². The highest BCUT2D eigenvalue weighted by Gasteiger charge is 2.29. The van der Waals surface area contributed by atoms with E-state index in [0.717, 1.165) is 0 Å². The number of nitrogens with one attached hydrogen (secondary N) is 1. The Morgan fingerprint density at radius 3 is 2.81 bits per heavy atom. The molecule has 8 heteroatoms. The molecule has 0 fully saturated rings. The molecule has 0 atom stereocenters. The zero-order chi connectivity index (χ0) is 15.7. The van der Waals surface area contributed by atoms with Gasteiger partial charge in [0, 0.05) is 18.2 Å². The fraction of sp³-hybridized carbons (Fsp3) is 0.385. The molecule has 1 rings (SSSR count). The molecule has 0 aliphatic carbocycles. The minimum Gasteiger partial charge on any atom is -0.493 e. The normalized spacial score (nSPS) is 10.6. The summed E-state index contributed by atoms with van der Waals surface area (Å²) in [5, 5.41) is 10.5. The lowest BCUT2D eigenvalue weighted by atomic mass is 10.3. The second-order valence-electron chi connectivity index (χ2n) is 3.95. The molecule has 5 nitrogen and oxygen atoms in total. The molecule has 0 unspecified atom stereocenters. The number of amides is 1. The van der Waals surface area contributed by atoms with Crippen molar-refractivity contribution < 1.29 is 27.4 Å². The molecule has 1 amide bonds. The van der Waals surface area contributed by atoms with Crippen LogP contribution in [-0.2, 0) is 4.74 Å². The second-order valence-corrected chi connectivity index (χ2v) is 3.95. The first-order valence-corrected chi connectivity index (χ1v) is 6.01. The molecule has 0 aliphatic rings. The van der Waals surface area contributed by atoms with Crippen molar-refractivity contribution in [3.05, 3.63) is 24.3 Å². The van der Waals surface area contributed by atoms with Crippen molar-refractivity contribution in [2.45, 2.75) is 19.0 Å². The highest BCUT2D eigenvalue weighted by atomic mass is 19.4. The SMILES string of the molecule is N#CCCCOc1cccc(NC(=O)OCC(F)(F)F)c1. The van der Waals surface area contributed by atoms with Crippen LogP contribution in [0.2, 0.25) is 0 Å². The number of nitrogens with zero attached hydrogens (tertiary/aromatic N) is 1. The zero-order valence-electron chi connectivity index (χ0n) is 10.9. The van der Waals surface area contributed by atoms with Crippen LogP contribution >= 0.6 is 0 Å². The van der Waals surface area contributed by atoms with Gasteiger partial charge < -0.3 is 9.47 Å². The van der Waals surface area contributed by atoms with E-state index in [1.54, 1.807) is 12.1 Å². The number of benzene rings is 1. The number of unbranched alkanes of at least 4 members (excludes halogenated alkanes) is 1. The van der Waals surface area contributed by atoms with E-state index in [0.29, 0.717) is 25.2 Å². The molecule has 0 aromatic heterocycles. The highest BCUT2D eigenvalue weighted by molar-refractivity contribution is 5.84. The summed E-state index contributed by atoms with van der Waals surface area (Å²) in [4.78, 5) is 11.2. The molecular formula is C13H13F3N2O3. The molecule has 0 saturated carbocycles. The lowest BCUT2D eigenvalue weighted by Gasteiger charge is -2.10. The predicted molar refractivity (Wildman–Crippen MR) is 67.8 cm³/mol. The van der Waals surface area contributed by atoms with Gasteiger partial charge in [-0.05, 0) is 18.6 Å². The van der Waals surface area contributed by atoms with Gasteiger partial charge in [-0.3, -0.25) is 5.32 Å². The standard InChI is InChI=1S/C13H13F3N2O3/c14-13(15,16)9-21-12(19)18-10-4-3-5-11(8-10)20-7-2-1-6-17/h3-5,8H,1-2,7,9H2,(H,18,19). The van der Waals surface area contributed by atoms with Crippen molar-refractivity contribution in [2.75, 3.05) is 18.5 Å². The molecule has 1 aromatic rings. The van der Waals surface area contributed by atoms with Crippen LogP contribution in [0.3, 0.4) is 0 Å². The number of hydrogen-bond donors (Lipinski definition) is 1. The number of halogens is 3. The maximum absolute atomic E-state index is 11.9. The van der Waals surface area contributed by atoms with E-state index in [1.165, 1.54) is 12.1 Å². The third kappa shape index (κ3) is 7.67. The third-order valence-corrected chi connectivity index (χ3v) is 2.15. The fourth-order valence-electron chi connectivity index (χ4n) is 1.31. The smallest absolute Gasteiger partial charge is 0.422 e. The number of ether oxygens (including phenoxy) is 2. The van der Waals surface area contributed by atoms with Gasteiger partial charge in [-0.1, -0.05) is 6.07 Å². The number of anilines is 1. The molecule has 0 saturated heterocycles. The van der Waals surface area contributed by atoms with Gasteiger partial charge in [-0.15, -0.1) is 0 Å². The number of carbonyl (C=O) groups is 1. The first-order valence-electron chi connectivity index (χ1n) is 6.01. The van der Waals surface area contributed by atoms with Crippen molar-refractivity contribution >= 4 is 11.8 Å². The number of rotatable bonds is 6. The molecule has 0 radical (unpaired) electrons. The summed E-state index contributed by atoms with van der Waals surface area (Å²) < 4.78 is 45.0. The monoisotopic (exact) mass is 302 g/mol. The molecule has 1 aromatic carbocycles. The lowest BCUT2D eigenvalue weighted by Crippen LogP contribution is -2.23. The fourth-order valence-corrected chi connectivity index (χ4v) is 1.31. The van der Waals surface area contributed by atoms with Crippen molar-refractivity contribution in [3.8, 4) is 11.8 Å². The number of carbonyl (C=O) groups excluding carboxylic acids is 1. The molecule has 1 N–H and O–H groups in total. The topological polar surface area (TPSA) is 71.3 Å². The average Bonchev–Trinajstić information content (AvgIpc) is 2.41. The van der Waals surface area contributed by atoms with Crippen molar-refractivity contribution in [1.29, 1.82) is 5.26 Å². The van der Waals surface area contributed by atoms with Crippen LogP contribution in [0, 0.1) is 11.3 Å². The van der Waals surface area contributed by atoms with Crippen LogP contribution in [0.25, 0.3) is 0 Å². The van der Waals surface area contributed by atoms with E-state index in [-0.39, 0.29) is 5.69 Å². The van der Waals surface area contributed by atoms with Crippen LogP contribution in [-0.4, -0.2) is 25.5 Å². The number of alkyl halides is 3. The third-order valence-electron chi connectivity index (χ3n) is 2.15. The minimum atomic E-state index is -4.57. The summed E-state index contributed by atoms with van der Waals surface area (Å²) in [6.45, 7) is -1.32. The quantitative estimate of drug-likeness (QED) is 0.817. The molecule has 0 heterocycles. The van der Waals surface area contributed by atoms with Crippen molar-refractivity contribution in [1.82, 2.24) is 0 Å². The van der Waals surface area contributed by atoms with Crippen molar-refractivity contribution in [2.24, 2.45) is 0 Å². The molecular weight excluding hydrogens is 289 g/mol.